The highest BCUT2D eigenvalue weighted by Crippen LogP contribution is 2.21. The van der Waals surface area contributed by atoms with Crippen molar-refractivity contribution in [1.82, 2.24) is 24.9 Å². The van der Waals surface area contributed by atoms with Crippen molar-refractivity contribution < 1.29 is 9.59 Å². The summed E-state index contributed by atoms with van der Waals surface area (Å²) in [4.78, 5) is 33.9. The van der Waals surface area contributed by atoms with Crippen LogP contribution in [0.1, 0.15) is 47.4 Å². The van der Waals surface area contributed by atoms with Crippen LogP contribution in [0.4, 0.5) is 5.69 Å². The quantitative estimate of drug-likeness (QED) is 0.590. The molecule has 1 aliphatic carbocycles. The Hall–Kier alpha value is -2.94. The Morgan fingerprint density at radius 3 is 2.73 bits per heavy atom. The van der Waals surface area contributed by atoms with Gasteiger partial charge in [-0.3, -0.25) is 9.59 Å². The molecule has 0 saturated heterocycles. The Bertz CT molecular complexity index is 1090. The molecule has 0 bridgehead atoms. The summed E-state index contributed by atoms with van der Waals surface area (Å²) >= 11 is 1.23. The van der Waals surface area contributed by atoms with Crippen LogP contribution in [0.25, 0.3) is 5.78 Å². The van der Waals surface area contributed by atoms with Crippen LogP contribution in [-0.2, 0) is 4.79 Å². The zero-order chi connectivity index (χ0) is 21.1. The van der Waals surface area contributed by atoms with Crippen molar-refractivity contribution in [3.63, 3.8) is 0 Å². The average Bonchev–Trinajstić information content (AvgIpc) is 3.36. The van der Waals surface area contributed by atoms with Crippen molar-refractivity contribution in [3.05, 3.63) is 47.3 Å². The number of anilines is 1. The zero-order valence-corrected chi connectivity index (χ0v) is 17.8. The molecule has 0 aliphatic heterocycles. The third kappa shape index (κ3) is 4.62. The van der Waals surface area contributed by atoms with Gasteiger partial charge in [-0.15, -0.1) is 5.10 Å². The van der Waals surface area contributed by atoms with Gasteiger partial charge in [-0.05, 0) is 44.9 Å². The molecule has 1 aliphatic rings. The third-order valence-electron chi connectivity index (χ3n) is 5.07. The largest absolute Gasteiger partial charge is 0.349 e. The van der Waals surface area contributed by atoms with E-state index in [0.29, 0.717) is 22.2 Å². The molecule has 156 valence electrons. The van der Waals surface area contributed by atoms with E-state index < -0.39 is 0 Å². The van der Waals surface area contributed by atoms with Gasteiger partial charge < -0.3 is 10.6 Å². The van der Waals surface area contributed by atoms with E-state index in [4.69, 9.17) is 0 Å². The number of carbonyl (C=O) groups excluding carboxylic acids is 2. The fourth-order valence-electron chi connectivity index (χ4n) is 3.65. The highest BCUT2D eigenvalue weighted by atomic mass is 32.2. The molecular formula is C21H24N6O2S. The van der Waals surface area contributed by atoms with Gasteiger partial charge in [0.25, 0.3) is 11.7 Å². The van der Waals surface area contributed by atoms with Crippen molar-refractivity contribution in [2.75, 3.05) is 11.1 Å². The fraction of sp³-hybridized carbons (Fsp3) is 0.381. The summed E-state index contributed by atoms with van der Waals surface area (Å²) in [6.45, 7) is 3.84. The Balaban J connectivity index is 1.39. The number of nitrogens with one attached hydrogen (secondary N) is 2. The molecule has 30 heavy (non-hydrogen) atoms. The normalized spacial score (nSPS) is 14.2. The summed E-state index contributed by atoms with van der Waals surface area (Å²) in [5.41, 5.74) is 2.79. The van der Waals surface area contributed by atoms with E-state index in [0.717, 1.165) is 37.1 Å². The van der Waals surface area contributed by atoms with Crippen LogP contribution >= 0.6 is 11.8 Å². The Morgan fingerprint density at radius 2 is 1.93 bits per heavy atom. The van der Waals surface area contributed by atoms with Gasteiger partial charge in [-0.1, -0.05) is 36.7 Å². The van der Waals surface area contributed by atoms with Gasteiger partial charge in [0.15, 0.2) is 0 Å². The molecule has 0 atom stereocenters. The number of aromatic nitrogens is 4. The lowest BCUT2D eigenvalue weighted by Crippen LogP contribution is -2.33. The lowest BCUT2D eigenvalue weighted by molar-refractivity contribution is -0.113. The first kappa shape index (κ1) is 20.3. The van der Waals surface area contributed by atoms with Gasteiger partial charge in [-0.25, -0.2) is 9.50 Å². The number of thioether (sulfide) groups is 1. The minimum Gasteiger partial charge on any atom is -0.349 e. The second-order valence-electron chi connectivity index (χ2n) is 7.48. The number of amides is 2. The Kier molecular flexibility index (Phi) is 5.98. The average molecular weight is 425 g/mol. The number of carbonyl (C=O) groups is 2. The smallest absolute Gasteiger partial charge is 0.253 e. The summed E-state index contributed by atoms with van der Waals surface area (Å²) in [6, 6.07) is 9.22. The van der Waals surface area contributed by atoms with E-state index in [2.05, 4.69) is 25.7 Å². The maximum Gasteiger partial charge on any atom is 0.253 e. The molecule has 0 radical (unpaired) electrons. The van der Waals surface area contributed by atoms with Crippen LogP contribution in [0.2, 0.25) is 0 Å². The van der Waals surface area contributed by atoms with E-state index in [1.807, 2.05) is 19.9 Å². The number of fused-ring (bicyclic) bond motifs is 1. The number of nitrogens with zero attached hydrogens (tertiary/aromatic N) is 4. The molecule has 2 heterocycles. The molecule has 0 spiro atoms. The van der Waals surface area contributed by atoms with Crippen molar-refractivity contribution in [1.29, 1.82) is 0 Å². The standard InChI is InChI=1S/C21H24N6O2S/c1-13-11-14(2)27-20(22-13)25-21(26-27)30-12-18(28)24-17-10-6-5-9-16(17)19(29)23-15-7-3-4-8-15/h5-6,9-11,15H,3-4,7-8,12H2,1-2H3,(H,23,29)(H,24,28). The van der Waals surface area contributed by atoms with Crippen LogP contribution in [0.15, 0.2) is 35.5 Å². The second-order valence-corrected chi connectivity index (χ2v) is 8.42. The summed E-state index contributed by atoms with van der Waals surface area (Å²) in [6.07, 6.45) is 4.31. The lowest BCUT2D eigenvalue weighted by Gasteiger charge is -2.14. The van der Waals surface area contributed by atoms with Crippen LogP contribution < -0.4 is 10.6 Å². The van der Waals surface area contributed by atoms with Crippen molar-refractivity contribution in [2.24, 2.45) is 0 Å². The van der Waals surface area contributed by atoms with Gasteiger partial charge in [0, 0.05) is 17.4 Å². The number of hydrogen-bond acceptors (Lipinski definition) is 6. The molecule has 3 aromatic rings. The van der Waals surface area contributed by atoms with Crippen LogP contribution in [0.3, 0.4) is 0 Å². The van der Waals surface area contributed by atoms with E-state index in [9.17, 15) is 9.59 Å². The van der Waals surface area contributed by atoms with Crippen molar-refractivity contribution in [2.45, 2.75) is 50.7 Å². The molecule has 4 rings (SSSR count). The summed E-state index contributed by atoms with van der Waals surface area (Å²) in [5.74, 6) is 0.280. The van der Waals surface area contributed by atoms with Crippen LogP contribution in [-0.4, -0.2) is 43.2 Å². The van der Waals surface area contributed by atoms with Gasteiger partial charge in [0.05, 0.1) is 17.0 Å². The van der Waals surface area contributed by atoms with Gasteiger partial charge in [0.2, 0.25) is 11.1 Å². The van der Waals surface area contributed by atoms with Crippen molar-refractivity contribution in [3.8, 4) is 0 Å². The van der Waals surface area contributed by atoms with Crippen LogP contribution in [0.5, 0.6) is 0 Å². The number of hydrogen-bond donors (Lipinski definition) is 2. The minimum atomic E-state index is -0.221. The molecule has 9 heteroatoms. The zero-order valence-electron chi connectivity index (χ0n) is 17.0. The number of benzene rings is 1. The van der Waals surface area contributed by atoms with E-state index in [-0.39, 0.29) is 23.6 Å². The first-order valence-corrected chi connectivity index (χ1v) is 11.0. The molecule has 2 aromatic heterocycles. The highest BCUT2D eigenvalue weighted by Gasteiger charge is 2.20. The molecule has 2 N–H and O–H groups in total. The fourth-order valence-corrected chi connectivity index (χ4v) is 4.27. The van der Waals surface area contributed by atoms with E-state index in [1.54, 1.807) is 28.8 Å². The molecule has 1 saturated carbocycles. The van der Waals surface area contributed by atoms with Gasteiger partial charge >= 0.3 is 0 Å². The molecule has 8 nitrogen and oxygen atoms in total. The maximum absolute atomic E-state index is 12.6. The summed E-state index contributed by atoms with van der Waals surface area (Å²) < 4.78 is 1.66. The number of para-hydroxylation sites is 1. The predicted octanol–water partition coefficient (Wildman–Crippen LogP) is 3.14. The van der Waals surface area contributed by atoms with Crippen molar-refractivity contribution >= 4 is 35.0 Å². The highest BCUT2D eigenvalue weighted by molar-refractivity contribution is 7.99. The molecule has 1 fully saturated rings. The molecule has 1 aromatic carbocycles. The lowest BCUT2D eigenvalue weighted by atomic mass is 10.1. The minimum absolute atomic E-state index is 0.132. The second kappa shape index (κ2) is 8.83. The summed E-state index contributed by atoms with van der Waals surface area (Å²) in [5, 5.41) is 10.8. The van der Waals surface area contributed by atoms with Gasteiger partial charge in [-0.2, -0.15) is 4.98 Å². The monoisotopic (exact) mass is 424 g/mol. The van der Waals surface area contributed by atoms with E-state index in [1.165, 1.54) is 11.8 Å². The molecular weight excluding hydrogens is 400 g/mol. The Morgan fingerprint density at radius 1 is 1.17 bits per heavy atom. The molecule has 0 unspecified atom stereocenters. The molecule has 2 amide bonds. The number of aryl methyl sites for hydroxylation is 2. The Labute approximate surface area is 178 Å². The predicted molar refractivity (Wildman–Crippen MR) is 116 cm³/mol. The first-order valence-electron chi connectivity index (χ1n) is 10.0. The topological polar surface area (TPSA) is 101 Å². The van der Waals surface area contributed by atoms with E-state index >= 15 is 0 Å². The number of rotatable bonds is 6. The third-order valence-corrected chi connectivity index (χ3v) is 5.91. The SMILES string of the molecule is Cc1cc(C)n2nc(SCC(=O)Nc3ccccc3C(=O)NC3CCCC3)nc2n1. The first-order chi connectivity index (χ1) is 14.5. The summed E-state index contributed by atoms with van der Waals surface area (Å²) in [7, 11) is 0. The maximum atomic E-state index is 12.6. The van der Waals surface area contributed by atoms with Crippen LogP contribution in [0, 0.1) is 13.8 Å². The van der Waals surface area contributed by atoms with Gasteiger partial charge in [0.1, 0.15) is 0 Å².